The predicted octanol–water partition coefficient (Wildman–Crippen LogP) is 3.86. The van der Waals surface area contributed by atoms with Crippen LogP contribution in [0.5, 0.6) is 0 Å². The van der Waals surface area contributed by atoms with Gasteiger partial charge in [-0.15, -0.1) is 0 Å². The Hall–Kier alpha value is -0.460. The normalized spacial score (nSPS) is 10.2. The Labute approximate surface area is 139 Å². The first kappa shape index (κ1) is 17.6. The molecule has 0 bridgehead atoms. The molecule has 0 fully saturated rings. The molecule has 0 saturated carbocycles. The molecule has 0 aliphatic rings. The smallest absolute Gasteiger partial charge is 0.185 e. The number of nitrogens with one attached hydrogen (secondary N) is 3. The van der Waals surface area contributed by atoms with Gasteiger partial charge in [-0.25, -0.2) is 0 Å². The van der Waals surface area contributed by atoms with E-state index in [2.05, 4.69) is 16.2 Å². The fraction of sp³-hybridized carbons (Fsp3) is 0.417. The van der Waals surface area contributed by atoms with Crippen molar-refractivity contribution < 1.29 is 4.74 Å². The molecule has 4 nitrogen and oxygen atoms in total. The number of anilines is 1. The Morgan fingerprint density at radius 2 is 1.90 bits per heavy atom. The van der Waals surface area contributed by atoms with Crippen molar-refractivity contribution in [2.45, 2.75) is 13.3 Å². The second kappa shape index (κ2) is 9.47. The van der Waals surface area contributed by atoms with Crippen molar-refractivity contribution in [3.63, 3.8) is 0 Å². The Balaban J connectivity index is 2.34. The molecule has 112 valence electrons. The third-order valence-corrected chi connectivity index (χ3v) is 3.32. The van der Waals surface area contributed by atoms with E-state index in [9.17, 15) is 0 Å². The zero-order chi connectivity index (χ0) is 15.0. The largest absolute Gasteiger partial charge is 0.382 e. The van der Waals surface area contributed by atoms with E-state index < -0.39 is 0 Å². The van der Waals surface area contributed by atoms with Gasteiger partial charge in [0.1, 0.15) is 0 Å². The number of hydrazine groups is 1. The van der Waals surface area contributed by atoms with E-state index in [1.807, 2.05) is 6.92 Å². The zero-order valence-corrected chi connectivity index (χ0v) is 14.0. The van der Waals surface area contributed by atoms with E-state index in [1.54, 1.807) is 12.1 Å². The quantitative estimate of drug-likeness (QED) is 0.393. The van der Waals surface area contributed by atoms with Crippen LogP contribution in [-0.2, 0) is 4.74 Å². The second-order valence-electron chi connectivity index (χ2n) is 3.80. The van der Waals surface area contributed by atoms with Crippen molar-refractivity contribution in [1.82, 2.24) is 10.7 Å². The van der Waals surface area contributed by atoms with E-state index in [0.717, 1.165) is 19.6 Å². The minimum Gasteiger partial charge on any atom is -0.382 e. The van der Waals surface area contributed by atoms with Crippen molar-refractivity contribution in [1.29, 1.82) is 0 Å². The molecule has 20 heavy (non-hydrogen) atoms. The SMILES string of the molecule is CCOCCCNC(=S)NNc1c(Cl)cc(Cl)cc1Cl. The molecular weight excluding hydrogens is 341 g/mol. The van der Waals surface area contributed by atoms with Crippen LogP contribution in [0.2, 0.25) is 15.1 Å². The zero-order valence-electron chi connectivity index (χ0n) is 10.9. The van der Waals surface area contributed by atoms with Gasteiger partial charge < -0.3 is 10.1 Å². The Bertz CT molecular complexity index is 437. The molecule has 8 heteroatoms. The highest BCUT2D eigenvalue weighted by atomic mass is 35.5. The minimum atomic E-state index is 0.411. The molecule has 1 rings (SSSR count). The van der Waals surface area contributed by atoms with E-state index in [-0.39, 0.29) is 0 Å². The number of thiocarbonyl (C=S) groups is 1. The molecule has 0 atom stereocenters. The molecule has 0 aliphatic carbocycles. The van der Waals surface area contributed by atoms with E-state index in [0.29, 0.717) is 32.5 Å². The summed E-state index contributed by atoms with van der Waals surface area (Å²) in [6, 6.07) is 3.19. The average Bonchev–Trinajstić information content (AvgIpc) is 2.37. The lowest BCUT2D eigenvalue weighted by Gasteiger charge is -2.14. The van der Waals surface area contributed by atoms with Crippen molar-refractivity contribution in [2.75, 3.05) is 25.2 Å². The lowest BCUT2D eigenvalue weighted by Crippen LogP contribution is -2.39. The average molecular weight is 357 g/mol. The van der Waals surface area contributed by atoms with Crippen LogP contribution in [0.15, 0.2) is 12.1 Å². The Kier molecular flexibility index (Phi) is 8.33. The van der Waals surface area contributed by atoms with Crippen molar-refractivity contribution in [3.05, 3.63) is 27.2 Å². The molecule has 0 spiro atoms. The number of ether oxygens (including phenoxy) is 1. The lowest BCUT2D eigenvalue weighted by molar-refractivity contribution is 0.146. The molecule has 0 aromatic heterocycles. The van der Waals surface area contributed by atoms with Crippen molar-refractivity contribution >= 4 is 57.8 Å². The summed E-state index contributed by atoms with van der Waals surface area (Å²) in [5, 5.41) is 4.77. The van der Waals surface area contributed by atoms with Crippen LogP contribution < -0.4 is 16.2 Å². The minimum absolute atomic E-state index is 0.411. The molecule has 3 N–H and O–H groups in total. The van der Waals surface area contributed by atoms with Crippen LogP contribution in [0, 0.1) is 0 Å². The molecule has 0 unspecified atom stereocenters. The summed E-state index contributed by atoms with van der Waals surface area (Å²) < 4.78 is 5.22. The summed E-state index contributed by atoms with van der Waals surface area (Å²) in [6.07, 6.45) is 0.873. The van der Waals surface area contributed by atoms with Crippen LogP contribution in [0.1, 0.15) is 13.3 Å². The van der Waals surface area contributed by atoms with Gasteiger partial charge in [-0.1, -0.05) is 34.8 Å². The van der Waals surface area contributed by atoms with Gasteiger partial charge in [-0.3, -0.25) is 10.9 Å². The molecular formula is C12H16Cl3N3OS. The predicted molar refractivity (Wildman–Crippen MR) is 89.9 cm³/mol. The Morgan fingerprint density at radius 1 is 1.25 bits per heavy atom. The maximum absolute atomic E-state index is 6.03. The highest BCUT2D eigenvalue weighted by molar-refractivity contribution is 7.80. The number of halogens is 3. The summed E-state index contributed by atoms with van der Waals surface area (Å²) >= 11 is 23.0. The summed E-state index contributed by atoms with van der Waals surface area (Å²) in [5.74, 6) is 0. The third-order valence-electron chi connectivity index (χ3n) is 2.26. The Morgan fingerprint density at radius 3 is 2.50 bits per heavy atom. The second-order valence-corrected chi connectivity index (χ2v) is 5.46. The van der Waals surface area contributed by atoms with E-state index in [4.69, 9.17) is 51.8 Å². The van der Waals surface area contributed by atoms with Crippen molar-refractivity contribution in [2.24, 2.45) is 0 Å². The van der Waals surface area contributed by atoms with Gasteiger partial charge >= 0.3 is 0 Å². The van der Waals surface area contributed by atoms with E-state index in [1.165, 1.54) is 0 Å². The van der Waals surface area contributed by atoms with Crippen molar-refractivity contribution in [3.8, 4) is 0 Å². The van der Waals surface area contributed by atoms with Gasteiger partial charge in [0.15, 0.2) is 5.11 Å². The summed E-state index contributed by atoms with van der Waals surface area (Å²) in [6.45, 7) is 4.10. The topological polar surface area (TPSA) is 45.3 Å². The summed E-state index contributed by atoms with van der Waals surface area (Å²) in [7, 11) is 0. The highest BCUT2D eigenvalue weighted by Gasteiger charge is 2.07. The standard InChI is InChI=1S/C12H16Cl3N3OS/c1-2-19-5-3-4-16-12(20)18-17-11-9(14)6-8(13)7-10(11)15/h6-7,17H,2-5H2,1H3,(H2,16,18,20). The van der Waals surface area contributed by atoms with Gasteiger partial charge in [0.05, 0.1) is 15.7 Å². The third kappa shape index (κ3) is 6.33. The maximum Gasteiger partial charge on any atom is 0.185 e. The first-order chi connectivity index (χ1) is 9.54. The number of rotatable bonds is 7. The van der Waals surface area contributed by atoms with Gasteiger partial charge in [-0.2, -0.15) is 0 Å². The maximum atomic E-state index is 6.03. The summed E-state index contributed by atoms with van der Waals surface area (Å²) in [5.41, 5.74) is 6.19. The summed E-state index contributed by atoms with van der Waals surface area (Å²) in [4.78, 5) is 0. The van der Waals surface area contributed by atoms with Gasteiger partial charge in [0.25, 0.3) is 0 Å². The van der Waals surface area contributed by atoms with Gasteiger partial charge in [0.2, 0.25) is 0 Å². The fourth-order valence-corrected chi connectivity index (χ4v) is 2.41. The highest BCUT2D eigenvalue weighted by Crippen LogP contribution is 2.32. The first-order valence-corrected chi connectivity index (χ1v) is 7.61. The van der Waals surface area contributed by atoms with Gasteiger partial charge in [0, 0.05) is 24.8 Å². The molecule has 0 aliphatic heterocycles. The van der Waals surface area contributed by atoms with Gasteiger partial charge in [-0.05, 0) is 37.7 Å². The molecule has 0 radical (unpaired) electrons. The fourth-order valence-electron chi connectivity index (χ4n) is 1.35. The van der Waals surface area contributed by atoms with Crippen LogP contribution >= 0.6 is 47.0 Å². The molecule has 1 aromatic rings. The van der Waals surface area contributed by atoms with Crippen LogP contribution in [0.3, 0.4) is 0 Å². The van der Waals surface area contributed by atoms with E-state index >= 15 is 0 Å². The van der Waals surface area contributed by atoms with Crippen LogP contribution in [0.4, 0.5) is 5.69 Å². The number of benzene rings is 1. The lowest BCUT2D eigenvalue weighted by atomic mass is 10.3. The molecule has 0 amide bonds. The van der Waals surface area contributed by atoms with Crippen LogP contribution in [0.25, 0.3) is 0 Å². The number of hydrogen-bond donors (Lipinski definition) is 3. The number of hydrogen-bond acceptors (Lipinski definition) is 3. The monoisotopic (exact) mass is 355 g/mol. The van der Waals surface area contributed by atoms with Crippen LogP contribution in [-0.4, -0.2) is 24.9 Å². The molecule has 1 aromatic carbocycles. The first-order valence-electron chi connectivity index (χ1n) is 6.06. The molecule has 0 heterocycles. The molecule has 0 saturated heterocycles.